The van der Waals surface area contributed by atoms with Crippen molar-refractivity contribution in [3.63, 3.8) is 0 Å². The molecule has 0 aliphatic carbocycles. The molecule has 16 heavy (non-hydrogen) atoms. The lowest BCUT2D eigenvalue weighted by Gasteiger charge is -2.00. The number of hydrogen-bond donors (Lipinski definition) is 1. The summed E-state index contributed by atoms with van der Waals surface area (Å²) in [6.07, 6.45) is 3.82. The molecule has 0 saturated carbocycles. The van der Waals surface area contributed by atoms with Gasteiger partial charge in [-0.2, -0.15) is 4.37 Å². The first-order valence-corrected chi connectivity index (χ1v) is 6.12. The molecule has 4 nitrogen and oxygen atoms in total. The van der Waals surface area contributed by atoms with E-state index in [9.17, 15) is 0 Å². The highest BCUT2D eigenvalue weighted by Crippen LogP contribution is 2.12. The van der Waals surface area contributed by atoms with E-state index in [2.05, 4.69) is 26.6 Å². The van der Waals surface area contributed by atoms with Crippen LogP contribution < -0.4 is 5.32 Å². The molecule has 0 radical (unpaired) electrons. The molecule has 0 bridgehead atoms. The highest BCUT2D eigenvalue weighted by Gasteiger charge is 2.02. The molecule has 0 aliphatic rings. The van der Waals surface area contributed by atoms with Gasteiger partial charge < -0.3 is 5.32 Å². The first-order valence-electron chi connectivity index (χ1n) is 5.35. The van der Waals surface area contributed by atoms with E-state index in [4.69, 9.17) is 0 Å². The van der Waals surface area contributed by atoms with Crippen molar-refractivity contribution in [2.45, 2.75) is 26.3 Å². The molecule has 1 N–H and O–H groups in total. The van der Waals surface area contributed by atoms with Crippen LogP contribution in [0.15, 0.2) is 24.4 Å². The fourth-order valence-corrected chi connectivity index (χ4v) is 1.93. The maximum atomic E-state index is 4.38. The molecule has 0 aromatic carbocycles. The van der Waals surface area contributed by atoms with Crippen LogP contribution in [0.2, 0.25) is 0 Å². The van der Waals surface area contributed by atoms with Crippen molar-refractivity contribution in [1.29, 1.82) is 0 Å². The van der Waals surface area contributed by atoms with E-state index in [1.54, 1.807) is 6.20 Å². The van der Waals surface area contributed by atoms with Crippen molar-refractivity contribution < 1.29 is 0 Å². The molecule has 0 aliphatic heterocycles. The predicted octanol–water partition coefficient (Wildman–Crippen LogP) is 2.50. The van der Waals surface area contributed by atoms with Crippen LogP contribution in [0.3, 0.4) is 0 Å². The van der Waals surface area contributed by atoms with Crippen LogP contribution in [0.4, 0.5) is 5.13 Å². The predicted molar refractivity (Wildman–Crippen MR) is 65.5 cm³/mol. The zero-order valence-corrected chi connectivity index (χ0v) is 10.00. The van der Waals surface area contributed by atoms with Gasteiger partial charge in [-0.1, -0.05) is 13.0 Å². The highest BCUT2D eigenvalue weighted by atomic mass is 32.1. The Labute approximate surface area is 98.9 Å². The van der Waals surface area contributed by atoms with Gasteiger partial charge in [0.25, 0.3) is 0 Å². The minimum atomic E-state index is 0.696. The third-order valence-electron chi connectivity index (χ3n) is 2.09. The Bertz CT molecular complexity index is 427. The zero-order valence-electron chi connectivity index (χ0n) is 9.18. The average molecular weight is 234 g/mol. The molecule has 2 aromatic rings. The average Bonchev–Trinajstić information content (AvgIpc) is 2.76. The van der Waals surface area contributed by atoms with Crippen molar-refractivity contribution in [2.75, 3.05) is 5.32 Å². The van der Waals surface area contributed by atoms with E-state index < -0.39 is 0 Å². The minimum absolute atomic E-state index is 0.696. The normalized spacial score (nSPS) is 10.3. The van der Waals surface area contributed by atoms with Crippen molar-refractivity contribution in [1.82, 2.24) is 14.3 Å². The summed E-state index contributed by atoms with van der Waals surface area (Å²) in [4.78, 5) is 8.61. The van der Waals surface area contributed by atoms with E-state index in [1.165, 1.54) is 11.5 Å². The van der Waals surface area contributed by atoms with Crippen molar-refractivity contribution in [2.24, 2.45) is 0 Å². The summed E-state index contributed by atoms with van der Waals surface area (Å²) in [5, 5.41) is 4.09. The van der Waals surface area contributed by atoms with Gasteiger partial charge in [0.15, 0.2) is 0 Å². The number of hydrogen-bond acceptors (Lipinski definition) is 5. The molecular formula is C11H14N4S. The molecule has 0 unspecified atom stereocenters. The SMILES string of the molecule is CCCc1nsc(NCc2ccccn2)n1. The van der Waals surface area contributed by atoms with Crippen LogP contribution in [-0.2, 0) is 13.0 Å². The summed E-state index contributed by atoms with van der Waals surface area (Å²) < 4.78 is 4.27. The number of nitrogens with one attached hydrogen (secondary N) is 1. The third-order valence-corrected chi connectivity index (χ3v) is 2.80. The molecule has 0 atom stereocenters. The van der Waals surface area contributed by atoms with Crippen LogP contribution >= 0.6 is 11.5 Å². The van der Waals surface area contributed by atoms with Crippen LogP contribution in [-0.4, -0.2) is 14.3 Å². The second-order valence-corrected chi connectivity index (χ2v) is 4.19. The number of anilines is 1. The number of aromatic nitrogens is 3. The van der Waals surface area contributed by atoms with Gasteiger partial charge in [0.1, 0.15) is 5.82 Å². The van der Waals surface area contributed by atoms with E-state index in [0.717, 1.165) is 29.5 Å². The van der Waals surface area contributed by atoms with Crippen molar-refractivity contribution >= 4 is 16.7 Å². The Kier molecular flexibility index (Phi) is 3.82. The van der Waals surface area contributed by atoms with Crippen LogP contribution in [0.25, 0.3) is 0 Å². The minimum Gasteiger partial charge on any atom is -0.355 e. The summed E-state index contributed by atoms with van der Waals surface area (Å²) in [5.41, 5.74) is 1.01. The van der Waals surface area contributed by atoms with Gasteiger partial charge in [0, 0.05) is 24.2 Å². The van der Waals surface area contributed by atoms with Gasteiger partial charge in [-0.05, 0) is 18.6 Å². The Morgan fingerprint density at radius 2 is 2.31 bits per heavy atom. The van der Waals surface area contributed by atoms with E-state index in [1.807, 2.05) is 18.2 Å². The molecule has 5 heteroatoms. The van der Waals surface area contributed by atoms with Crippen LogP contribution in [0.1, 0.15) is 24.9 Å². The van der Waals surface area contributed by atoms with E-state index in [-0.39, 0.29) is 0 Å². The summed E-state index contributed by atoms with van der Waals surface area (Å²) in [6.45, 7) is 2.82. The maximum Gasteiger partial charge on any atom is 0.202 e. The number of rotatable bonds is 5. The standard InChI is InChI=1S/C11H14N4S/c1-2-5-10-14-11(16-15-10)13-8-9-6-3-4-7-12-9/h3-4,6-7H,2,5,8H2,1H3,(H,13,14,15). The monoisotopic (exact) mass is 234 g/mol. The van der Waals surface area contributed by atoms with Crippen LogP contribution in [0, 0.1) is 0 Å². The molecule has 2 aromatic heterocycles. The summed E-state index contributed by atoms with van der Waals surface area (Å²) in [6, 6.07) is 5.88. The van der Waals surface area contributed by atoms with Crippen molar-refractivity contribution in [3.8, 4) is 0 Å². The van der Waals surface area contributed by atoms with Gasteiger partial charge in [0.2, 0.25) is 5.13 Å². The summed E-state index contributed by atoms with van der Waals surface area (Å²) >= 11 is 1.41. The molecule has 84 valence electrons. The first-order chi connectivity index (χ1) is 7.88. The molecule has 2 rings (SSSR count). The first kappa shape index (κ1) is 11.0. The highest BCUT2D eigenvalue weighted by molar-refractivity contribution is 7.09. The quantitative estimate of drug-likeness (QED) is 0.863. The summed E-state index contributed by atoms with van der Waals surface area (Å²) in [5.74, 6) is 0.927. The van der Waals surface area contributed by atoms with Gasteiger partial charge in [-0.3, -0.25) is 4.98 Å². The second kappa shape index (κ2) is 5.55. The number of aryl methyl sites for hydroxylation is 1. The second-order valence-electron chi connectivity index (χ2n) is 3.44. The van der Waals surface area contributed by atoms with E-state index in [0.29, 0.717) is 6.54 Å². The smallest absolute Gasteiger partial charge is 0.202 e. The number of pyridine rings is 1. The summed E-state index contributed by atoms with van der Waals surface area (Å²) in [7, 11) is 0. The molecule has 2 heterocycles. The molecular weight excluding hydrogens is 220 g/mol. The largest absolute Gasteiger partial charge is 0.355 e. The molecule has 0 spiro atoms. The van der Waals surface area contributed by atoms with Gasteiger partial charge >= 0.3 is 0 Å². The molecule has 0 amide bonds. The Hall–Kier alpha value is -1.49. The van der Waals surface area contributed by atoms with E-state index >= 15 is 0 Å². The lowest BCUT2D eigenvalue weighted by molar-refractivity contribution is 0.860. The van der Waals surface area contributed by atoms with Gasteiger partial charge in [0.05, 0.1) is 12.2 Å². The molecule has 0 saturated heterocycles. The Morgan fingerprint density at radius 1 is 1.38 bits per heavy atom. The lowest BCUT2D eigenvalue weighted by atomic mass is 10.3. The van der Waals surface area contributed by atoms with Crippen LogP contribution in [0.5, 0.6) is 0 Å². The Morgan fingerprint density at radius 3 is 3.06 bits per heavy atom. The topological polar surface area (TPSA) is 50.7 Å². The lowest BCUT2D eigenvalue weighted by Crippen LogP contribution is -2.00. The Balaban J connectivity index is 1.89. The van der Waals surface area contributed by atoms with Crippen molar-refractivity contribution in [3.05, 3.63) is 35.9 Å². The molecule has 0 fully saturated rings. The fourth-order valence-electron chi connectivity index (χ4n) is 1.32. The number of nitrogens with zero attached hydrogens (tertiary/aromatic N) is 3. The fraction of sp³-hybridized carbons (Fsp3) is 0.364. The zero-order chi connectivity index (χ0) is 11.2. The van der Waals surface area contributed by atoms with Gasteiger partial charge in [-0.15, -0.1) is 0 Å². The maximum absolute atomic E-state index is 4.38. The van der Waals surface area contributed by atoms with Gasteiger partial charge in [-0.25, -0.2) is 4.98 Å². The third kappa shape index (κ3) is 3.00.